The quantitative estimate of drug-likeness (QED) is 0.304. The van der Waals surface area contributed by atoms with Gasteiger partial charge in [0.05, 0.1) is 0 Å². The fourth-order valence-electron chi connectivity index (χ4n) is 5.06. The molecule has 0 saturated heterocycles. The maximum atomic E-state index is 14.2. The van der Waals surface area contributed by atoms with Gasteiger partial charge in [0.1, 0.15) is 17.6 Å². The number of allylic oxidation sites excluding steroid dienone is 2. The Morgan fingerprint density at radius 2 is 1.82 bits per heavy atom. The van der Waals surface area contributed by atoms with Crippen LogP contribution in [0.5, 0.6) is 5.75 Å². The van der Waals surface area contributed by atoms with Crippen LogP contribution in [0.2, 0.25) is 0 Å². The molecule has 0 radical (unpaired) electrons. The molecule has 0 aliphatic carbocycles. The maximum absolute atomic E-state index is 14.2. The van der Waals surface area contributed by atoms with Crippen LogP contribution in [0.15, 0.2) is 96.8 Å². The Bertz CT molecular complexity index is 1640. The van der Waals surface area contributed by atoms with E-state index in [0.717, 1.165) is 34.4 Å². The number of halogens is 1. The molecule has 6 rings (SSSR count). The lowest BCUT2D eigenvalue weighted by Gasteiger charge is -2.27. The van der Waals surface area contributed by atoms with Crippen molar-refractivity contribution >= 4 is 28.3 Å². The minimum Gasteiger partial charge on any atom is -0.508 e. The number of aromatic nitrogens is 1. The van der Waals surface area contributed by atoms with Gasteiger partial charge in [0.25, 0.3) is 11.8 Å². The summed E-state index contributed by atoms with van der Waals surface area (Å²) in [6.07, 6.45) is 9.88. The Labute approximate surface area is 234 Å². The first-order valence-electron chi connectivity index (χ1n) is 12.7. The molecule has 3 heterocycles. The molecule has 9 heteroatoms. The van der Waals surface area contributed by atoms with Crippen LogP contribution in [0.1, 0.15) is 39.0 Å². The second kappa shape index (κ2) is 10.4. The van der Waals surface area contributed by atoms with Crippen LogP contribution in [-0.2, 0) is 11.3 Å². The molecule has 7 nitrogen and oxygen atoms in total. The highest BCUT2D eigenvalue weighted by Gasteiger charge is 2.39. The predicted octanol–water partition coefficient (Wildman–Crippen LogP) is 6.05. The van der Waals surface area contributed by atoms with Crippen molar-refractivity contribution in [3.63, 3.8) is 0 Å². The molecule has 2 aliphatic rings. The number of phenolic OH excluding ortho intramolecular Hbond substituents is 1. The average molecular weight is 553 g/mol. The highest BCUT2D eigenvalue weighted by Crippen LogP contribution is 2.38. The third kappa shape index (κ3) is 4.87. The second-order valence-electron chi connectivity index (χ2n) is 9.73. The summed E-state index contributed by atoms with van der Waals surface area (Å²) in [6.45, 7) is 0.133. The summed E-state index contributed by atoms with van der Waals surface area (Å²) in [5.41, 5.74) is 4.20. The summed E-state index contributed by atoms with van der Waals surface area (Å²) < 4.78 is 14.2. The minimum absolute atomic E-state index is 0.00281. The van der Waals surface area contributed by atoms with Crippen LogP contribution in [0.25, 0.3) is 11.1 Å². The summed E-state index contributed by atoms with van der Waals surface area (Å²) >= 11 is 1.22. The van der Waals surface area contributed by atoms with Gasteiger partial charge in [0.2, 0.25) is 0 Å². The summed E-state index contributed by atoms with van der Waals surface area (Å²) in [5, 5.41) is 15.3. The van der Waals surface area contributed by atoms with E-state index in [1.54, 1.807) is 11.6 Å². The molecule has 0 spiro atoms. The number of aromatic hydroxyl groups is 1. The number of nitrogens with zero attached hydrogens (tertiary/aromatic N) is 3. The highest BCUT2D eigenvalue weighted by atomic mass is 32.1. The normalized spacial score (nSPS) is 15.4. The number of hydrogen-bond acceptors (Lipinski definition) is 6. The molecular weight excluding hydrogens is 527 g/mol. The van der Waals surface area contributed by atoms with E-state index in [2.05, 4.69) is 34.6 Å². The monoisotopic (exact) mass is 552 g/mol. The number of amides is 2. The molecule has 2 amide bonds. The number of nitrogens with one attached hydrogen (secondary N) is 1. The zero-order valence-electron chi connectivity index (χ0n) is 21.5. The molecule has 4 aromatic rings. The summed E-state index contributed by atoms with van der Waals surface area (Å²) in [4.78, 5) is 34.6. The van der Waals surface area contributed by atoms with Crippen molar-refractivity contribution in [1.82, 2.24) is 14.8 Å². The van der Waals surface area contributed by atoms with Gasteiger partial charge in [-0.3, -0.25) is 14.9 Å². The van der Waals surface area contributed by atoms with Crippen molar-refractivity contribution in [3.8, 4) is 16.9 Å². The van der Waals surface area contributed by atoms with Gasteiger partial charge in [0, 0.05) is 54.6 Å². The number of carbonyl (C=O) groups excluding carboxylic acids is 2. The third-order valence-corrected chi connectivity index (χ3v) is 7.82. The van der Waals surface area contributed by atoms with Gasteiger partial charge in [-0.05, 0) is 46.5 Å². The molecule has 0 bridgehead atoms. The Morgan fingerprint density at radius 3 is 2.55 bits per heavy atom. The zero-order chi connectivity index (χ0) is 27.8. The van der Waals surface area contributed by atoms with Crippen LogP contribution in [0, 0.1) is 5.82 Å². The number of fused-ring (bicyclic) bond motifs is 1. The average Bonchev–Trinajstić information content (AvgIpc) is 3.59. The first-order valence-corrected chi connectivity index (χ1v) is 13.6. The van der Waals surface area contributed by atoms with Crippen molar-refractivity contribution in [3.05, 3.63) is 125 Å². The third-order valence-electron chi connectivity index (χ3n) is 7.13. The molecule has 0 unspecified atom stereocenters. The van der Waals surface area contributed by atoms with Crippen molar-refractivity contribution in [2.75, 3.05) is 12.4 Å². The lowest BCUT2D eigenvalue weighted by atomic mass is 9.94. The first kappa shape index (κ1) is 25.5. The van der Waals surface area contributed by atoms with Gasteiger partial charge in [-0.15, -0.1) is 11.3 Å². The van der Waals surface area contributed by atoms with Crippen molar-refractivity contribution in [1.29, 1.82) is 0 Å². The summed E-state index contributed by atoms with van der Waals surface area (Å²) in [5.74, 6) is -1.67. The van der Waals surface area contributed by atoms with E-state index in [1.807, 2.05) is 54.7 Å². The van der Waals surface area contributed by atoms with E-state index in [-0.39, 0.29) is 29.7 Å². The minimum atomic E-state index is -1.27. The first-order chi connectivity index (χ1) is 19.4. The molecule has 2 aliphatic heterocycles. The number of benzene rings is 3. The van der Waals surface area contributed by atoms with Crippen LogP contribution in [0.3, 0.4) is 0 Å². The van der Waals surface area contributed by atoms with Crippen LogP contribution in [-0.4, -0.2) is 38.8 Å². The molecule has 3 aromatic carbocycles. The van der Waals surface area contributed by atoms with E-state index in [1.165, 1.54) is 22.3 Å². The number of phenols is 1. The van der Waals surface area contributed by atoms with E-state index in [4.69, 9.17) is 0 Å². The van der Waals surface area contributed by atoms with Gasteiger partial charge in [-0.1, -0.05) is 48.6 Å². The van der Waals surface area contributed by atoms with Crippen LogP contribution >= 0.6 is 11.3 Å². The topological polar surface area (TPSA) is 85.8 Å². The number of anilines is 1. The number of thiazole rings is 1. The summed E-state index contributed by atoms with van der Waals surface area (Å²) in [7, 11) is 1.99. The fraction of sp³-hybridized carbons (Fsp3) is 0.129. The standard InChI is InChI=1S/C31H25FN4O3S/c1-35-13-10-21(11-14-35)19-2-4-20(5-3-19)22-6-7-23-18-36(30(39)25(23)16-22)28(26-17-24(32)8-9-27(26)37)29(38)34-31-33-12-15-40-31/h2-17,21,28,37H,18H2,1H3,(H,33,34,38)/t28-/m1/s1. The van der Waals surface area contributed by atoms with Crippen molar-refractivity contribution in [2.24, 2.45) is 0 Å². The largest absolute Gasteiger partial charge is 0.508 e. The Kier molecular flexibility index (Phi) is 6.65. The maximum Gasteiger partial charge on any atom is 0.255 e. The fourth-order valence-corrected chi connectivity index (χ4v) is 5.59. The van der Waals surface area contributed by atoms with E-state index >= 15 is 0 Å². The Hall–Kier alpha value is -4.76. The Balaban J connectivity index is 1.29. The SMILES string of the molecule is CN1C=CC(c2ccc(-c3ccc4c(c3)C(=O)N([C@@H](C(=O)Nc3nccs3)c3cc(F)ccc3O)C4)cc2)C=C1. The number of carbonyl (C=O) groups is 2. The molecule has 0 saturated carbocycles. The van der Waals surface area contributed by atoms with Crippen molar-refractivity contribution in [2.45, 2.75) is 18.5 Å². The van der Waals surface area contributed by atoms with Gasteiger partial charge >= 0.3 is 0 Å². The van der Waals surface area contributed by atoms with E-state index in [0.29, 0.717) is 10.7 Å². The van der Waals surface area contributed by atoms with E-state index in [9.17, 15) is 19.1 Å². The Morgan fingerprint density at radius 1 is 1.07 bits per heavy atom. The number of hydrogen-bond donors (Lipinski definition) is 2. The second-order valence-corrected chi connectivity index (χ2v) is 10.6. The molecule has 200 valence electrons. The number of rotatable bonds is 6. The van der Waals surface area contributed by atoms with Crippen LogP contribution in [0.4, 0.5) is 9.52 Å². The van der Waals surface area contributed by atoms with E-state index < -0.39 is 17.8 Å². The molecular formula is C31H25FN4O3S. The predicted molar refractivity (Wildman–Crippen MR) is 152 cm³/mol. The molecule has 40 heavy (non-hydrogen) atoms. The van der Waals surface area contributed by atoms with Gasteiger partial charge in [-0.25, -0.2) is 9.37 Å². The lowest BCUT2D eigenvalue weighted by Crippen LogP contribution is -2.37. The zero-order valence-corrected chi connectivity index (χ0v) is 22.3. The lowest BCUT2D eigenvalue weighted by molar-refractivity contribution is -0.120. The smallest absolute Gasteiger partial charge is 0.255 e. The van der Waals surface area contributed by atoms with Gasteiger partial charge in [0.15, 0.2) is 5.13 Å². The molecule has 1 atom stereocenters. The highest BCUT2D eigenvalue weighted by molar-refractivity contribution is 7.13. The van der Waals surface area contributed by atoms with Crippen molar-refractivity contribution < 1.29 is 19.1 Å². The van der Waals surface area contributed by atoms with Gasteiger partial charge < -0.3 is 14.9 Å². The molecule has 1 aromatic heterocycles. The van der Waals surface area contributed by atoms with Crippen LogP contribution < -0.4 is 5.32 Å². The molecule has 2 N–H and O–H groups in total. The summed E-state index contributed by atoms with van der Waals surface area (Å²) in [6, 6.07) is 16.0. The molecule has 0 fully saturated rings. The van der Waals surface area contributed by atoms with Gasteiger partial charge in [-0.2, -0.15) is 0 Å².